The number of ether oxygens (including phenoxy) is 3. The third kappa shape index (κ3) is 3.72. The monoisotopic (exact) mass is 275 g/mol. The van der Waals surface area contributed by atoms with E-state index in [1.165, 1.54) is 0 Å². The molecule has 4 nitrogen and oxygen atoms in total. The number of nitrogens with zero attached hydrogens (tertiary/aromatic N) is 1. The molecule has 0 saturated carbocycles. The summed E-state index contributed by atoms with van der Waals surface area (Å²) < 4.78 is 16.1. The van der Waals surface area contributed by atoms with Gasteiger partial charge in [-0.15, -0.1) is 0 Å². The van der Waals surface area contributed by atoms with E-state index in [-0.39, 0.29) is 0 Å². The van der Waals surface area contributed by atoms with E-state index in [4.69, 9.17) is 14.2 Å². The first-order valence-electron chi connectivity index (χ1n) is 6.98. The number of fused-ring (bicyclic) bond motifs is 1. The second kappa shape index (κ2) is 7.28. The summed E-state index contributed by atoms with van der Waals surface area (Å²) in [4.78, 5) is 0. The smallest absolute Gasteiger partial charge is 0.122 e. The van der Waals surface area contributed by atoms with E-state index < -0.39 is 5.41 Å². The fourth-order valence-corrected chi connectivity index (χ4v) is 2.47. The fourth-order valence-electron chi connectivity index (χ4n) is 2.47. The van der Waals surface area contributed by atoms with E-state index >= 15 is 0 Å². The maximum absolute atomic E-state index is 9.52. The van der Waals surface area contributed by atoms with E-state index in [1.807, 2.05) is 24.3 Å². The van der Waals surface area contributed by atoms with E-state index in [1.54, 1.807) is 7.11 Å². The molecular weight excluding hydrogens is 254 g/mol. The second-order valence-electron chi connectivity index (χ2n) is 5.17. The number of nitriles is 1. The summed E-state index contributed by atoms with van der Waals surface area (Å²) in [7, 11) is 1.66. The van der Waals surface area contributed by atoms with Crippen LogP contribution in [0.5, 0.6) is 5.75 Å². The Bertz CT molecular complexity index is 469. The molecule has 0 amide bonds. The average Bonchev–Trinajstić information content (AvgIpc) is 2.50. The van der Waals surface area contributed by atoms with Crippen LogP contribution in [-0.2, 0) is 15.9 Å². The van der Waals surface area contributed by atoms with E-state index in [0.29, 0.717) is 26.4 Å². The van der Waals surface area contributed by atoms with Gasteiger partial charge in [-0.3, -0.25) is 0 Å². The van der Waals surface area contributed by atoms with Crippen LogP contribution >= 0.6 is 0 Å². The number of para-hydroxylation sites is 1. The SMILES string of the molecule is COCCOCCCC1(C#N)COc2ccccc2C1. The minimum absolute atomic E-state index is 0.418. The van der Waals surface area contributed by atoms with Crippen molar-refractivity contribution in [2.75, 3.05) is 33.5 Å². The van der Waals surface area contributed by atoms with Crippen molar-refractivity contribution in [3.05, 3.63) is 29.8 Å². The lowest BCUT2D eigenvalue weighted by molar-refractivity contribution is 0.0617. The molecule has 1 aliphatic heterocycles. The van der Waals surface area contributed by atoms with Gasteiger partial charge in [0.1, 0.15) is 12.4 Å². The first kappa shape index (κ1) is 14.8. The summed E-state index contributed by atoms with van der Waals surface area (Å²) in [5.41, 5.74) is 0.708. The molecule has 0 aromatic heterocycles. The summed E-state index contributed by atoms with van der Waals surface area (Å²) in [6, 6.07) is 10.4. The van der Waals surface area contributed by atoms with Gasteiger partial charge in [-0.25, -0.2) is 0 Å². The molecule has 0 fully saturated rings. The van der Waals surface area contributed by atoms with Gasteiger partial charge in [-0.1, -0.05) is 18.2 Å². The van der Waals surface area contributed by atoms with Gasteiger partial charge in [0, 0.05) is 13.7 Å². The number of hydrogen-bond donors (Lipinski definition) is 0. The first-order chi connectivity index (χ1) is 9.79. The highest BCUT2D eigenvalue weighted by Crippen LogP contribution is 2.37. The molecule has 0 aliphatic carbocycles. The molecule has 1 aromatic rings. The van der Waals surface area contributed by atoms with Crippen LogP contribution in [0.1, 0.15) is 18.4 Å². The van der Waals surface area contributed by atoms with E-state index in [9.17, 15) is 5.26 Å². The van der Waals surface area contributed by atoms with Gasteiger partial charge in [0.2, 0.25) is 0 Å². The molecule has 1 atom stereocenters. The van der Waals surface area contributed by atoms with Crippen molar-refractivity contribution in [2.24, 2.45) is 5.41 Å². The molecule has 1 heterocycles. The first-order valence-corrected chi connectivity index (χ1v) is 6.98. The van der Waals surface area contributed by atoms with Gasteiger partial charge in [-0.2, -0.15) is 5.26 Å². The lowest BCUT2D eigenvalue weighted by atomic mass is 9.78. The quantitative estimate of drug-likeness (QED) is 0.718. The summed E-state index contributed by atoms with van der Waals surface area (Å²) in [5.74, 6) is 0.912. The molecule has 4 heteroatoms. The summed E-state index contributed by atoms with van der Waals surface area (Å²) >= 11 is 0. The Morgan fingerprint density at radius 3 is 2.95 bits per heavy atom. The topological polar surface area (TPSA) is 51.5 Å². The van der Waals surface area contributed by atoms with E-state index in [2.05, 4.69) is 6.07 Å². The van der Waals surface area contributed by atoms with Crippen LogP contribution in [0, 0.1) is 16.7 Å². The Morgan fingerprint density at radius 1 is 1.30 bits per heavy atom. The van der Waals surface area contributed by atoms with Gasteiger partial charge in [-0.05, 0) is 30.9 Å². The van der Waals surface area contributed by atoms with Crippen molar-refractivity contribution in [3.63, 3.8) is 0 Å². The van der Waals surface area contributed by atoms with Crippen LogP contribution in [-0.4, -0.2) is 33.5 Å². The van der Waals surface area contributed by atoms with Gasteiger partial charge < -0.3 is 14.2 Å². The number of rotatable bonds is 7. The van der Waals surface area contributed by atoms with Crippen molar-refractivity contribution in [2.45, 2.75) is 19.3 Å². The lowest BCUT2D eigenvalue weighted by Crippen LogP contribution is -2.33. The number of hydrogen-bond acceptors (Lipinski definition) is 4. The zero-order valence-corrected chi connectivity index (χ0v) is 11.9. The molecule has 0 radical (unpaired) electrons. The van der Waals surface area contributed by atoms with E-state index in [0.717, 1.165) is 30.6 Å². The normalized spacial score (nSPS) is 20.8. The highest BCUT2D eigenvalue weighted by Gasteiger charge is 2.35. The van der Waals surface area contributed by atoms with Crippen molar-refractivity contribution >= 4 is 0 Å². The van der Waals surface area contributed by atoms with Crippen LogP contribution in [0.15, 0.2) is 24.3 Å². The Balaban J connectivity index is 1.84. The second-order valence-corrected chi connectivity index (χ2v) is 5.17. The Morgan fingerprint density at radius 2 is 2.15 bits per heavy atom. The van der Waals surface area contributed by atoms with Gasteiger partial charge >= 0.3 is 0 Å². The molecule has 1 aromatic carbocycles. The van der Waals surface area contributed by atoms with Gasteiger partial charge in [0.15, 0.2) is 0 Å². The maximum Gasteiger partial charge on any atom is 0.122 e. The minimum Gasteiger partial charge on any atom is -0.492 e. The third-order valence-electron chi connectivity index (χ3n) is 3.62. The summed E-state index contributed by atoms with van der Waals surface area (Å²) in [6.07, 6.45) is 2.42. The average molecular weight is 275 g/mol. The summed E-state index contributed by atoms with van der Waals surface area (Å²) in [6.45, 7) is 2.35. The molecule has 20 heavy (non-hydrogen) atoms. The minimum atomic E-state index is -0.418. The predicted molar refractivity (Wildman–Crippen MR) is 75.6 cm³/mol. The molecule has 0 saturated heterocycles. The zero-order chi connectivity index (χ0) is 14.3. The molecule has 1 unspecified atom stereocenters. The Labute approximate surface area is 120 Å². The lowest BCUT2D eigenvalue weighted by Gasteiger charge is -2.32. The van der Waals surface area contributed by atoms with Crippen molar-refractivity contribution in [1.82, 2.24) is 0 Å². The number of methoxy groups -OCH3 is 1. The van der Waals surface area contributed by atoms with Crippen LogP contribution in [0.2, 0.25) is 0 Å². The zero-order valence-electron chi connectivity index (χ0n) is 11.9. The van der Waals surface area contributed by atoms with Crippen LogP contribution in [0.3, 0.4) is 0 Å². The molecule has 0 spiro atoms. The molecule has 0 N–H and O–H groups in total. The predicted octanol–water partition coefficient (Wildman–Crippen LogP) is 2.57. The van der Waals surface area contributed by atoms with Crippen LogP contribution in [0.25, 0.3) is 0 Å². The largest absolute Gasteiger partial charge is 0.492 e. The third-order valence-corrected chi connectivity index (χ3v) is 3.62. The van der Waals surface area contributed by atoms with Gasteiger partial charge in [0.25, 0.3) is 0 Å². The Kier molecular flexibility index (Phi) is 5.40. The van der Waals surface area contributed by atoms with Crippen molar-refractivity contribution in [3.8, 4) is 11.8 Å². The number of benzene rings is 1. The molecule has 0 bridgehead atoms. The molecular formula is C16H21NO3. The molecule has 1 aliphatic rings. The standard InChI is InChI=1S/C16H21NO3/c1-18-9-10-19-8-4-7-16(12-17)11-14-5-2-3-6-15(14)20-13-16/h2-3,5-6H,4,7-11,13H2,1H3. The van der Waals surface area contributed by atoms with Crippen molar-refractivity contribution < 1.29 is 14.2 Å². The highest BCUT2D eigenvalue weighted by molar-refractivity contribution is 5.37. The highest BCUT2D eigenvalue weighted by atomic mass is 16.5. The van der Waals surface area contributed by atoms with Crippen molar-refractivity contribution in [1.29, 1.82) is 5.26 Å². The fraction of sp³-hybridized carbons (Fsp3) is 0.562. The molecule has 108 valence electrons. The van der Waals surface area contributed by atoms with Gasteiger partial charge in [0.05, 0.1) is 24.7 Å². The van der Waals surface area contributed by atoms with Crippen LogP contribution < -0.4 is 4.74 Å². The maximum atomic E-state index is 9.52. The Hall–Kier alpha value is -1.57. The molecule has 2 rings (SSSR count). The summed E-state index contributed by atoms with van der Waals surface area (Å²) in [5, 5.41) is 9.52. The van der Waals surface area contributed by atoms with Crippen LogP contribution in [0.4, 0.5) is 0 Å².